The summed E-state index contributed by atoms with van der Waals surface area (Å²) in [6.45, 7) is 6.58. The van der Waals surface area contributed by atoms with E-state index in [4.69, 9.17) is 11.6 Å². The molecule has 4 heteroatoms. The largest absolute Gasteiger partial charge is 0.313 e. The summed E-state index contributed by atoms with van der Waals surface area (Å²) in [6, 6.07) is 6.70. The molecule has 1 atom stereocenters. The maximum Gasteiger partial charge on any atom is 0.0417 e. The lowest BCUT2D eigenvalue weighted by Gasteiger charge is -2.24. The second-order valence-corrected chi connectivity index (χ2v) is 6.15. The molecule has 100 valence electrons. The molecule has 1 N–H and O–H groups in total. The molecular formula is C14H20BrClN2. The lowest BCUT2D eigenvalue weighted by molar-refractivity contribution is 0.253. The Bertz CT molecular complexity index is 391. The number of rotatable bonds is 5. The van der Waals surface area contributed by atoms with Crippen molar-refractivity contribution in [2.75, 3.05) is 19.6 Å². The predicted octanol–water partition coefficient (Wildman–Crippen LogP) is 3.68. The molecule has 2 nitrogen and oxygen atoms in total. The van der Waals surface area contributed by atoms with Crippen molar-refractivity contribution >= 4 is 27.5 Å². The predicted molar refractivity (Wildman–Crippen MR) is 81.1 cm³/mol. The zero-order valence-electron chi connectivity index (χ0n) is 10.8. The highest BCUT2D eigenvalue weighted by Crippen LogP contribution is 2.23. The van der Waals surface area contributed by atoms with Crippen LogP contribution in [0.5, 0.6) is 0 Å². The molecule has 2 rings (SSSR count). The fraction of sp³-hybridized carbons (Fsp3) is 0.571. The van der Waals surface area contributed by atoms with Crippen molar-refractivity contribution < 1.29 is 0 Å². The van der Waals surface area contributed by atoms with Gasteiger partial charge in [-0.05, 0) is 43.6 Å². The summed E-state index contributed by atoms with van der Waals surface area (Å²) in [4.78, 5) is 2.48. The van der Waals surface area contributed by atoms with Gasteiger partial charge in [-0.15, -0.1) is 0 Å². The van der Waals surface area contributed by atoms with Crippen LogP contribution in [-0.4, -0.2) is 30.6 Å². The molecule has 1 aliphatic heterocycles. The van der Waals surface area contributed by atoms with Crippen LogP contribution in [0.2, 0.25) is 5.02 Å². The third-order valence-electron chi connectivity index (χ3n) is 3.50. The van der Waals surface area contributed by atoms with Gasteiger partial charge in [-0.2, -0.15) is 0 Å². The lowest BCUT2D eigenvalue weighted by atomic mass is 10.1. The molecule has 1 unspecified atom stereocenters. The summed E-state index contributed by atoms with van der Waals surface area (Å²) >= 11 is 9.56. The van der Waals surface area contributed by atoms with E-state index in [1.165, 1.54) is 24.9 Å². The number of nitrogens with zero attached hydrogens (tertiary/aromatic N) is 1. The highest BCUT2D eigenvalue weighted by Gasteiger charge is 2.17. The standard InChI is InChI=1S/C14H20BrClN2/c1-2-18(10-13-4-3-7-17-13)9-11-5-6-12(16)8-14(11)15/h5-6,8,13,17H,2-4,7,9-10H2,1H3. The summed E-state index contributed by atoms with van der Waals surface area (Å²) < 4.78 is 1.10. The smallest absolute Gasteiger partial charge is 0.0417 e. The second kappa shape index (κ2) is 6.90. The van der Waals surface area contributed by atoms with E-state index in [1.807, 2.05) is 12.1 Å². The molecular weight excluding hydrogens is 312 g/mol. The van der Waals surface area contributed by atoms with Gasteiger partial charge in [0, 0.05) is 28.6 Å². The molecule has 0 amide bonds. The van der Waals surface area contributed by atoms with Crippen LogP contribution < -0.4 is 5.32 Å². The second-order valence-electron chi connectivity index (χ2n) is 4.86. The van der Waals surface area contributed by atoms with Gasteiger partial charge in [0.1, 0.15) is 0 Å². The molecule has 0 bridgehead atoms. The number of hydrogen-bond acceptors (Lipinski definition) is 2. The summed E-state index contributed by atoms with van der Waals surface area (Å²) in [5, 5.41) is 4.34. The first-order valence-electron chi connectivity index (χ1n) is 6.58. The van der Waals surface area contributed by atoms with Gasteiger partial charge in [-0.3, -0.25) is 4.90 Å². The molecule has 1 aliphatic rings. The van der Waals surface area contributed by atoms with Crippen LogP contribution >= 0.6 is 27.5 Å². The SMILES string of the molecule is CCN(Cc1ccc(Cl)cc1Br)CC1CCCN1. The van der Waals surface area contributed by atoms with Gasteiger partial charge in [0.15, 0.2) is 0 Å². The Balaban J connectivity index is 1.96. The first-order chi connectivity index (χ1) is 8.69. The van der Waals surface area contributed by atoms with Crippen LogP contribution in [0, 0.1) is 0 Å². The van der Waals surface area contributed by atoms with Gasteiger partial charge in [0.05, 0.1) is 0 Å². The van der Waals surface area contributed by atoms with E-state index in [9.17, 15) is 0 Å². The van der Waals surface area contributed by atoms with Gasteiger partial charge in [0.2, 0.25) is 0 Å². The molecule has 1 aromatic carbocycles. The average Bonchev–Trinajstić information content (AvgIpc) is 2.84. The number of halogens is 2. The lowest BCUT2D eigenvalue weighted by Crippen LogP contribution is -2.37. The fourth-order valence-electron chi connectivity index (χ4n) is 2.42. The Morgan fingerprint density at radius 3 is 2.94 bits per heavy atom. The summed E-state index contributed by atoms with van der Waals surface area (Å²) in [5.74, 6) is 0. The zero-order chi connectivity index (χ0) is 13.0. The van der Waals surface area contributed by atoms with Crippen LogP contribution in [-0.2, 0) is 6.54 Å². The van der Waals surface area contributed by atoms with E-state index >= 15 is 0 Å². The Morgan fingerprint density at radius 2 is 2.33 bits per heavy atom. The normalized spacial score (nSPS) is 19.7. The highest BCUT2D eigenvalue weighted by molar-refractivity contribution is 9.10. The van der Waals surface area contributed by atoms with Crippen LogP contribution in [0.4, 0.5) is 0 Å². The van der Waals surface area contributed by atoms with Crippen LogP contribution in [0.1, 0.15) is 25.3 Å². The van der Waals surface area contributed by atoms with Gasteiger partial charge in [-0.25, -0.2) is 0 Å². The van der Waals surface area contributed by atoms with Gasteiger partial charge >= 0.3 is 0 Å². The molecule has 1 heterocycles. The fourth-order valence-corrected chi connectivity index (χ4v) is 3.23. The maximum atomic E-state index is 5.97. The van der Waals surface area contributed by atoms with Gasteiger partial charge in [0.25, 0.3) is 0 Å². The Kier molecular flexibility index (Phi) is 5.49. The molecule has 0 aliphatic carbocycles. The van der Waals surface area contributed by atoms with Gasteiger partial charge in [-0.1, -0.05) is 40.5 Å². The molecule has 0 radical (unpaired) electrons. The van der Waals surface area contributed by atoms with E-state index in [-0.39, 0.29) is 0 Å². The molecule has 0 aromatic heterocycles. The first-order valence-corrected chi connectivity index (χ1v) is 7.76. The Hall–Kier alpha value is -0.0900. The molecule has 1 aromatic rings. The summed E-state index contributed by atoms with van der Waals surface area (Å²) in [7, 11) is 0. The third-order valence-corrected chi connectivity index (χ3v) is 4.47. The molecule has 1 fully saturated rings. The molecule has 1 saturated heterocycles. The van der Waals surface area contributed by atoms with E-state index in [2.05, 4.69) is 39.1 Å². The third kappa shape index (κ3) is 3.95. The number of likely N-dealkylation sites (N-methyl/N-ethyl adjacent to an activating group) is 1. The van der Waals surface area contributed by atoms with E-state index in [1.54, 1.807) is 0 Å². The zero-order valence-corrected chi connectivity index (χ0v) is 13.1. The van der Waals surface area contributed by atoms with Crippen molar-refractivity contribution in [3.8, 4) is 0 Å². The van der Waals surface area contributed by atoms with Crippen molar-refractivity contribution in [1.29, 1.82) is 0 Å². The van der Waals surface area contributed by atoms with Crippen molar-refractivity contribution in [2.45, 2.75) is 32.4 Å². The Morgan fingerprint density at radius 1 is 1.50 bits per heavy atom. The summed E-state index contributed by atoms with van der Waals surface area (Å²) in [5.41, 5.74) is 1.30. The van der Waals surface area contributed by atoms with E-state index < -0.39 is 0 Å². The quantitative estimate of drug-likeness (QED) is 0.885. The Labute approximate surface area is 123 Å². The van der Waals surface area contributed by atoms with Crippen LogP contribution in [0.3, 0.4) is 0 Å². The minimum absolute atomic E-state index is 0.663. The minimum atomic E-state index is 0.663. The number of nitrogens with one attached hydrogen (secondary N) is 1. The topological polar surface area (TPSA) is 15.3 Å². The number of hydrogen-bond donors (Lipinski definition) is 1. The number of benzene rings is 1. The van der Waals surface area contributed by atoms with E-state index in [0.29, 0.717) is 6.04 Å². The monoisotopic (exact) mass is 330 g/mol. The minimum Gasteiger partial charge on any atom is -0.313 e. The van der Waals surface area contributed by atoms with Gasteiger partial charge < -0.3 is 5.32 Å². The van der Waals surface area contributed by atoms with E-state index in [0.717, 1.165) is 29.1 Å². The van der Waals surface area contributed by atoms with Crippen molar-refractivity contribution in [2.24, 2.45) is 0 Å². The van der Waals surface area contributed by atoms with Crippen molar-refractivity contribution in [1.82, 2.24) is 10.2 Å². The van der Waals surface area contributed by atoms with Crippen LogP contribution in [0.25, 0.3) is 0 Å². The first kappa shape index (κ1) is 14.3. The van der Waals surface area contributed by atoms with Crippen LogP contribution in [0.15, 0.2) is 22.7 Å². The molecule has 0 spiro atoms. The molecule has 0 saturated carbocycles. The van der Waals surface area contributed by atoms with Crippen molar-refractivity contribution in [3.63, 3.8) is 0 Å². The molecule has 18 heavy (non-hydrogen) atoms. The highest BCUT2D eigenvalue weighted by atomic mass is 79.9. The van der Waals surface area contributed by atoms with Crippen molar-refractivity contribution in [3.05, 3.63) is 33.3 Å². The average molecular weight is 332 g/mol. The summed E-state index contributed by atoms with van der Waals surface area (Å²) in [6.07, 6.45) is 2.62. The maximum absolute atomic E-state index is 5.97.